The summed E-state index contributed by atoms with van der Waals surface area (Å²) in [7, 11) is -0.131. The minimum Gasteiger partial charge on any atom is -0.457 e. The van der Waals surface area contributed by atoms with Crippen LogP contribution in [0.25, 0.3) is 0 Å². The molecule has 0 amide bonds. The number of ether oxygens (including phenoxy) is 1. The van der Waals surface area contributed by atoms with E-state index >= 15 is 0 Å². The minimum atomic E-state index is -0.131. The third kappa shape index (κ3) is 5.13. The molecule has 0 spiro atoms. The van der Waals surface area contributed by atoms with Crippen LogP contribution in [0.4, 0.5) is 0 Å². The van der Waals surface area contributed by atoms with Crippen molar-refractivity contribution in [3.05, 3.63) is 60.2 Å². The zero-order chi connectivity index (χ0) is 13.5. The van der Waals surface area contributed by atoms with Crippen LogP contribution in [0.15, 0.2) is 54.6 Å². The summed E-state index contributed by atoms with van der Waals surface area (Å²) < 4.78 is 5.84. The summed E-state index contributed by atoms with van der Waals surface area (Å²) in [5.74, 6) is 2.88. The fourth-order valence-electron chi connectivity index (χ4n) is 1.70. The fourth-order valence-corrected chi connectivity index (χ4v) is 4.15. The number of hydrogen-bond acceptors (Lipinski definition) is 2. The van der Waals surface area contributed by atoms with Gasteiger partial charge < -0.3 is 4.74 Å². The lowest BCUT2D eigenvalue weighted by Crippen LogP contribution is -2.04. The Morgan fingerprint density at radius 1 is 0.947 bits per heavy atom. The number of para-hydroxylation sites is 1. The van der Waals surface area contributed by atoms with E-state index in [-0.39, 0.29) is 8.80 Å². The normalized spacial score (nSPS) is 10.7. The van der Waals surface area contributed by atoms with Crippen molar-refractivity contribution >= 4 is 20.6 Å². The number of hydrogen-bond donors (Lipinski definition) is 0. The summed E-state index contributed by atoms with van der Waals surface area (Å²) in [6.45, 7) is 4.71. The molecule has 0 heterocycles. The van der Waals surface area contributed by atoms with Crippen molar-refractivity contribution < 1.29 is 4.74 Å². The second kappa shape index (κ2) is 7.41. The lowest BCUT2D eigenvalue weighted by molar-refractivity contribution is 0.482. The first-order valence-corrected chi connectivity index (χ1v) is 10.3. The van der Waals surface area contributed by atoms with Gasteiger partial charge in [0.25, 0.3) is 0 Å². The van der Waals surface area contributed by atoms with Crippen molar-refractivity contribution in [2.45, 2.75) is 18.8 Å². The van der Waals surface area contributed by atoms with Crippen molar-refractivity contribution in [3.8, 4) is 11.5 Å². The maximum atomic E-state index is 5.84. The molecule has 0 bridgehead atoms. The number of rotatable bonds is 6. The van der Waals surface area contributed by atoms with Crippen LogP contribution in [-0.2, 0) is 5.75 Å². The van der Waals surface area contributed by atoms with Gasteiger partial charge in [-0.15, -0.1) is 0 Å². The molecule has 0 aliphatic rings. The Hall–Kier alpha value is -1.19. The zero-order valence-corrected chi connectivity index (χ0v) is 13.2. The van der Waals surface area contributed by atoms with Gasteiger partial charge in [-0.3, -0.25) is 0 Å². The first-order valence-electron chi connectivity index (χ1n) is 6.42. The van der Waals surface area contributed by atoms with Gasteiger partial charge in [-0.2, -0.15) is 11.8 Å². The number of thioether (sulfide) groups is 1. The second-order valence-corrected chi connectivity index (χ2v) is 9.03. The van der Waals surface area contributed by atoms with Crippen LogP contribution < -0.4 is 4.74 Å². The Balaban J connectivity index is 1.95. The van der Waals surface area contributed by atoms with Gasteiger partial charge in [-0.05, 0) is 35.2 Å². The van der Waals surface area contributed by atoms with Gasteiger partial charge in [0.15, 0.2) is 0 Å². The van der Waals surface area contributed by atoms with Crippen molar-refractivity contribution in [1.29, 1.82) is 0 Å². The third-order valence-corrected chi connectivity index (χ3v) is 6.20. The predicted molar refractivity (Wildman–Crippen MR) is 86.6 cm³/mol. The molecule has 1 radical (unpaired) electrons. The molecule has 99 valence electrons. The topological polar surface area (TPSA) is 9.23 Å². The highest BCUT2D eigenvalue weighted by atomic mass is 32.2. The summed E-state index contributed by atoms with van der Waals surface area (Å²) in [6, 6.07) is 18.3. The molecule has 0 aromatic heterocycles. The van der Waals surface area contributed by atoms with Gasteiger partial charge in [0.1, 0.15) is 11.5 Å². The van der Waals surface area contributed by atoms with E-state index in [1.807, 2.05) is 48.2 Å². The molecule has 3 heteroatoms. The highest BCUT2D eigenvalue weighted by Gasteiger charge is 2.01. The highest BCUT2D eigenvalue weighted by Crippen LogP contribution is 2.23. The molecule has 0 aliphatic carbocycles. The molecule has 1 nitrogen and oxygen atoms in total. The van der Waals surface area contributed by atoms with E-state index < -0.39 is 0 Å². The van der Waals surface area contributed by atoms with Gasteiger partial charge in [-0.1, -0.05) is 43.4 Å². The standard InChI is InChI=1S/C16H19OSSi/c1-19(2)13-18-12-14-7-6-10-16(11-14)17-15-8-4-3-5-9-15/h3-11H,12-13H2,1-2H3. The van der Waals surface area contributed by atoms with Crippen LogP contribution in [0.2, 0.25) is 13.1 Å². The van der Waals surface area contributed by atoms with E-state index in [0.717, 1.165) is 17.3 Å². The van der Waals surface area contributed by atoms with Crippen molar-refractivity contribution in [3.63, 3.8) is 0 Å². The quantitative estimate of drug-likeness (QED) is 0.691. The maximum absolute atomic E-state index is 5.84. The van der Waals surface area contributed by atoms with Crippen LogP contribution in [0, 0.1) is 0 Å². The van der Waals surface area contributed by atoms with E-state index in [1.165, 1.54) is 10.9 Å². The summed E-state index contributed by atoms with van der Waals surface area (Å²) >= 11 is 2.02. The van der Waals surface area contributed by atoms with E-state index in [0.29, 0.717) is 0 Å². The molecule has 0 unspecified atom stereocenters. The lowest BCUT2D eigenvalue weighted by atomic mass is 10.2. The first-order chi connectivity index (χ1) is 9.24. The zero-order valence-electron chi connectivity index (χ0n) is 11.4. The average Bonchev–Trinajstić information content (AvgIpc) is 2.40. The van der Waals surface area contributed by atoms with Gasteiger partial charge in [0, 0.05) is 5.75 Å². The molecule has 0 fully saturated rings. The van der Waals surface area contributed by atoms with E-state index in [2.05, 4.69) is 31.3 Å². The Kier molecular flexibility index (Phi) is 5.55. The molecule has 2 aromatic rings. The summed E-state index contributed by atoms with van der Waals surface area (Å²) in [5, 5.41) is 1.30. The molecule has 2 aromatic carbocycles. The molecule has 0 aliphatic heterocycles. The molecular weight excluding hydrogens is 268 g/mol. The Labute approximate surface area is 121 Å². The van der Waals surface area contributed by atoms with Crippen molar-refractivity contribution in [1.82, 2.24) is 0 Å². The molecule has 0 atom stereocenters. The molecule has 0 N–H and O–H groups in total. The summed E-state index contributed by atoms with van der Waals surface area (Å²) in [4.78, 5) is 0. The first kappa shape index (κ1) is 14.2. The molecule has 19 heavy (non-hydrogen) atoms. The Bertz CT molecular complexity index is 499. The van der Waals surface area contributed by atoms with Crippen molar-refractivity contribution in [2.75, 3.05) is 5.38 Å². The van der Waals surface area contributed by atoms with Crippen LogP contribution >= 0.6 is 11.8 Å². The van der Waals surface area contributed by atoms with Gasteiger partial charge >= 0.3 is 0 Å². The Morgan fingerprint density at radius 2 is 1.68 bits per heavy atom. The Morgan fingerprint density at radius 3 is 2.42 bits per heavy atom. The SMILES string of the molecule is C[Si](C)CSCc1cccc(Oc2ccccc2)c1. The summed E-state index contributed by atoms with van der Waals surface area (Å²) in [6.07, 6.45) is 0. The predicted octanol–water partition coefficient (Wildman–Crippen LogP) is 5.01. The van der Waals surface area contributed by atoms with E-state index in [9.17, 15) is 0 Å². The van der Waals surface area contributed by atoms with Crippen LogP contribution in [0.1, 0.15) is 5.56 Å². The van der Waals surface area contributed by atoms with Crippen LogP contribution in [0.3, 0.4) is 0 Å². The van der Waals surface area contributed by atoms with Gasteiger partial charge in [0.05, 0.1) is 8.80 Å². The molecule has 0 saturated heterocycles. The average molecular weight is 287 g/mol. The van der Waals surface area contributed by atoms with Gasteiger partial charge in [-0.25, -0.2) is 0 Å². The molecular formula is C16H19OSSi. The van der Waals surface area contributed by atoms with Gasteiger partial charge in [0.2, 0.25) is 0 Å². The highest BCUT2D eigenvalue weighted by molar-refractivity contribution is 7.99. The largest absolute Gasteiger partial charge is 0.457 e. The van der Waals surface area contributed by atoms with Crippen molar-refractivity contribution in [2.24, 2.45) is 0 Å². The molecule has 2 rings (SSSR count). The fraction of sp³-hybridized carbons (Fsp3) is 0.250. The third-order valence-electron chi connectivity index (χ3n) is 2.54. The smallest absolute Gasteiger partial charge is 0.127 e. The summed E-state index contributed by atoms with van der Waals surface area (Å²) in [5.41, 5.74) is 1.33. The lowest BCUT2D eigenvalue weighted by Gasteiger charge is -2.08. The van der Waals surface area contributed by atoms with E-state index in [1.54, 1.807) is 0 Å². The van der Waals surface area contributed by atoms with Crippen LogP contribution in [-0.4, -0.2) is 14.2 Å². The second-order valence-electron chi connectivity index (χ2n) is 4.76. The molecule has 0 saturated carbocycles. The van der Waals surface area contributed by atoms with E-state index in [4.69, 9.17) is 4.74 Å². The monoisotopic (exact) mass is 287 g/mol. The maximum Gasteiger partial charge on any atom is 0.127 e. The minimum absolute atomic E-state index is 0.131. The van der Waals surface area contributed by atoms with Crippen LogP contribution in [0.5, 0.6) is 11.5 Å². The number of benzene rings is 2.